The van der Waals surface area contributed by atoms with Crippen LogP contribution in [0, 0.1) is 7.14 Å². The first kappa shape index (κ1) is 22.1. The zero-order chi connectivity index (χ0) is 20.2. The Morgan fingerprint density at radius 3 is 2.07 bits per heavy atom. The molecule has 0 fully saturated rings. The summed E-state index contributed by atoms with van der Waals surface area (Å²) in [4.78, 5) is 0. The highest BCUT2D eigenvalue weighted by molar-refractivity contribution is 7.84. The van der Waals surface area contributed by atoms with Crippen LogP contribution in [0.5, 0.6) is 5.75 Å². The van der Waals surface area contributed by atoms with Crippen LogP contribution in [0.3, 0.4) is 0 Å². The number of halogens is 1. The first-order chi connectivity index (χ1) is 13.5. The van der Waals surface area contributed by atoms with Gasteiger partial charge in [-0.05, 0) is 29.8 Å². The summed E-state index contributed by atoms with van der Waals surface area (Å²) in [6.45, 7) is 4.24. The fraction of sp³-hybridized carbons (Fsp3) is 0.0909. The zero-order valence-electron chi connectivity index (χ0n) is 15.2. The van der Waals surface area contributed by atoms with Gasteiger partial charge in [0, 0.05) is 0 Å². The first-order valence-electron chi connectivity index (χ1n) is 8.48. The molecule has 0 amide bonds. The van der Waals surface area contributed by atoms with Crippen molar-refractivity contribution in [1.82, 2.24) is 0 Å². The van der Waals surface area contributed by atoms with Crippen LogP contribution in [-0.4, -0.2) is 19.6 Å². The summed E-state index contributed by atoms with van der Waals surface area (Å²) in [5, 5.41) is 0. The summed E-state index contributed by atoms with van der Waals surface area (Å²) in [6.07, 6.45) is 1.78. The van der Waals surface area contributed by atoms with E-state index in [-0.39, 0.29) is 21.2 Å². The molecule has 3 aromatic carbocycles. The third kappa shape index (κ3) is 8.69. The summed E-state index contributed by atoms with van der Waals surface area (Å²) >= 11 is -0.170. The van der Waals surface area contributed by atoms with Gasteiger partial charge in [-0.2, -0.15) is 0 Å². The average molecular weight is 508 g/mol. The van der Waals surface area contributed by atoms with E-state index in [1.807, 2.05) is 18.2 Å². The molecule has 0 N–H and O–H groups in total. The Balaban J connectivity index is 0.000000221. The molecule has 0 radical (unpaired) electrons. The summed E-state index contributed by atoms with van der Waals surface area (Å²) in [5.74, 6) is 0.567. The van der Waals surface area contributed by atoms with Gasteiger partial charge in [0.1, 0.15) is 6.61 Å². The van der Waals surface area contributed by atoms with Crippen molar-refractivity contribution in [3.05, 3.63) is 110 Å². The maximum Gasteiger partial charge on any atom is 0.362 e. The molecule has 0 saturated heterocycles. The van der Waals surface area contributed by atoms with Gasteiger partial charge in [0.25, 0.3) is 0 Å². The highest BCUT2D eigenvalue weighted by atomic mass is 127. The molecule has 0 aromatic heterocycles. The molecule has 28 heavy (non-hydrogen) atoms. The smallest absolute Gasteiger partial charge is 0.362 e. The fourth-order valence-electron chi connectivity index (χ4n) is 2.16. The Labute approximate surface area is 176 Å². The Bertz CT molecular complexity index is 958. The van der Waals surface area contributed by atoms with E-state index >= 15 is 0 Å². The van der Waals surface area contributed by atoms with Crippen molar-refractivity contribution in [3.63, 3.8) is 0 Å². The maximum atomic E-state index is 10.2. The number of ether oxygens (including phenoxy) is 1. The van der Waals surface area contributed by atoms with Crippen molar-refractivity contribution in [2.24, 2.45) is 0 Å². The number of hydrogen-bond acceptors (Lipinski definition) is 4. The number of hydrogen-bond donors (Lipinski definition) is 0. The molecule has 0 atom stereocenters. The topological polar surface area (TPSA) is 66.4 Å². The predicted octanol–water partition coefficient (Wildman–Crippen LogP) is 1.11. The number of rotatable bonds is 7. The molecule has 146 valence electrons. The van der Waals surface area contributed by atoms with E-state index in [0.29, 0.717) is 12.2 Å². The lowest BCUT2D eigenvalue weighted by Crippen LogP contribution is -3.61. The lowest BCUT2D eigenvalue weighted by atomic mass is 10.2. The van der Waals surface area contributed by atoms with Gasteiger partial charge in [0.05, 0.1) is 15.9 Å². The normalized spacial score (nSPS) is 10.5. The SMILES string of the molecule is C=CCOc1ccccc1[I+]c1ccccc1.O=S(=O)([O-])Cc1ccccc1. The molecule has 0 aliphatic rings. The van der Waals surface area contributed by atoms with Crippen molar-refractivity contribution in [3.8, 4) is 5.75 Å². The minimum absolute atomic E-state index is 0.170. The van der Waals surface area contributed by atoms with Gasteiger partial charge in [-0.3, -0.25) is 0 Å². The van der Waals surface area contributed by atoms with Crippen LogP contribution in [0.15, 0.2) is 97.6 Å². The van der Waals surface area contributed by atoms with Crippen LogP contribution >= 0.6 is 0 Å². The Hall–Kier alpha value is -2.16. The number of benzene rings is 3. The van der Waals surface area contributed by atoms with Gasteiger partial charge in [0.2, 0.25) is 3.57 Å². The van der Waals surface area contributed by atoms with Gasteiger partial charge >= 0.3 is 21.2 Å². The van der Waals surface area contributed by atoms with Crippen molar-refractivity contribution in [1.29, 1.82) is 0 Å². The Kier molecular flexibility index (Phi) is 9.19. The molecule has 0 bridgehead atoms. The first-order valence-corrected chi connectivity index (χ1v) is 12.2. The van der Waals surface area contributed by atoms with Crippen LogP contribution in [0.25, 0.3) is 0 Å². The third-order valence-electron chi connectivity index (χ3n) is 3.32. The second-order valence-corrected chi connectivity index (χ2v) is 9.96. The van der Waals surface area contributed by atoms with Gasteiger partial charge in [-0.1, -0.05) is 73.3 Å². The monoisotopic (exact) mass is 508 g/mol. The molecule has 0 spiro atoms. The van der Waals surface area contributed by atoms with E-state index in [1.54, 1.807) is 36.4 Å². The van der Waals surface area contributed by atoms with Crippen molar-refractivity contribution < 1.29 is 38.9 Å². The molecule has 4 nitrogen and oxygen atoms in total. The van der Waals surface area contributed by atoms with Crippen molar-refractivity contribution >= 4 is 10.1 Å². The lowest BCUT2D eigenvalue weighted by molar-refractivity contribution is -0.598. The minimum Gasteiger partial charge on any atom is -0.748 e. The second kappa shape index (κ2) is 11.6. The van der Waals surface area contributed by atoms with E-state index in [1.165, 1.54) is 7.14 Å². The average Bonchev–Trinajstić information content (AvgIpc) is 2.68. The van der Waals surface area contributed by atoms with Crippen LogP contribution in [0.2, 0.25) is 0 Å². The molecule has 3 rings (SSSR count). The van der Waals surface area contributed by atoms with Crippen molar-refractivity contribution in [2.75, 3.05) is 6.61 Å². The largest absolute Gasteiger partial charge is 0.748 e. The minimum atomic E-state index is -4.13. The molecule has 3 aromatic rings. The molecular formula is C22H21IO4S. The quantitative estimate of drug-likeness (QED) is 0.273. The molecular weight excluding hydrogens is 487 g/mol. The summed E-state index contributed by atoms with van der Waals surface area (Å²) in [7, 11) is -4.13. The predicted molar refractivity (Wildman–Crippen MR) is 106 cm³/mol. The van der Waals surface area contributed by atoms with Crippen LogP contribution in [0.1, 0.15) is 5.56 Å². The Morgan fingerprint density at radius 1 is 0.893 bits per heavy atom. The summed E-state index contributed by atoms with van der Waals surface area (Å²) in [6, 6.07) is 27.2. The second-order valence-electron chi connectivity index (χ2n) is 5.61. The van der Waals surface area contributed by atoms with Crippen LogP contribution in [0.4, 0.5) is 0 Å². The maximum absolute atomic E-state index is 10.2. The summed E-state index contributed by atoms with van der Waals surface area (Å²) in [5.41, 5.74) is 0.530. The number of para-hydroxylation sites is 1. The lowest BCUT2D eigenvalue weighted by Gasteiger charge is -2.05. The van der Waals surface area contributed by atoms with E-state index in [4.69, 9.17) is 4.74 Å². The van der Waals surface area contributed by atoms with E-state index in [9.17, 15) is 13.0 Å². The van der Waals surface area contributed by atoms with Gasteiger partial charge < -0.3 is 9.29 Å². The standard InChI is InChI=1S/C15H14IO.C7H8O3S/c1-2-12-17-15-11-7-6-10-14(15)16-13-8-4-3-5-9-13;8-11(9,10)6-7-4-2-1-3-5-7/h2-11H,1,12H2;1-5H,6H2,(H,8,9,10)/q+1;/p-1. The molecule has 0 saturated carbocycles. The molecule has 0 aliphatic carbocycles. The van der Waals surface area contributed by atoms with Crippen LogP contribution < -0.4 is 25.9 Å². The van der Waals surface area contributed by atoms with Gasteiger partial charge in [-0.25, -0.2) is 8.42 Å². The molecule has 6 heteroatoms. The van der Waals surface area contributed by atoms with Gasteiger partial charge in [-0.15, -0.1) is 0 Å². The zero-order valence-corrected chi connectivity index (χ0v) is 18.2. The Morgan fingerprint density at radius 2 is 1.46 bits per heavy atom. The highest BCUT2D eigenvalue weighted by Gasteiger charge is 2.19. The highest BCUT2D eigenvalue weighted by Crippen LogP contribution is 2.08. The molecule has 0 unspecified atom stereocenters. The third-order valence-corrected chi connectivity index (χ3v) is 6.82. The molecule has 0 aliphatic heterocycles. The fourth-order valence-corrected chi connectivity index (χ4v) is 5.20. The van der Waals surface area contributed by atoms with E-state index in [0.717, 1.165) is 5.75 Å². The van der Waals surface area contributed by atoms with Crippen molar-refractivity contribution in [2.45, 2.75) is 5.75 Å². The van der Waals surface area contributed by atoms with Gasteiger partial charge in [0.15, 0.2) is 9.32 Å². The summed E-state index contributed by atoms with van der Waals surface area (Å²) < 4.78 is 39.1. The van der Waals surface area contributed by atoms with E-state index < -0.39 is 15.9 Å². The van der Waals surface area contributed by atoms with E-state index in [2.05, 4.69) is 43.0 Å². The molecule has 0 heterocycles. The van der Waals surface area contributed by atoms with Crippen LogP contribution in [-0.2, 0) is 15.9 Å².